The van der Waals surface area contributed by atoms with E-state index in [0.717, 1.165) is 22.4 Å². The van der Waals surface area contributed by atoms with Gasteiger partial charge in [-0.15, -0.1) is 0 Å². The van der Waals surface area contributed by atoms with Crippen molar-refractivity contribution in [1.29, 1.82) is 0 Å². The van der Waals surface area contributed by atoms with Crippen LogP contribution in [0.4, 0.5) is 0 Å². The Morgan fingerprint density at radius 2 is 1.79 bits per heavy atom. The van der Waals surface area contributed by atoms with E-state index >= 15 is 0 Å². The first-order chi connectivity index (χ1) is 11.7. The Kier molecular flexibility index (Phi) is 4.80. The zero-order chi connectivity index (χ0) is 16.9. The molecule has 3 heteroatoms. The third kappa shape index (κ3) is 3.25. The van der Waals surface area contributed by atoms with E-state index in [0.29, 0.717) is 12.2 Å². The number of hydrogen-bond donors (Lipinski definition) is 0. The fraction of sp³-hybridized carbons (Fsp3) is 0.190. The standard InChI is InChI=1S/C21H20O3/c1-3-9-18-20(15(2)24-21(18)22)17-12-7-8-13-19(17)23-14-16-10-5-4-6-11-16/h3-13,15H,14H2,1-2H3/b9-3+. The van der Waals surface area contributed by atoms with Crippen molar-refractivity contribution in [3.63, 3.8) is 0 Å². The lowest BCUT2D eigenvalue weighted by atomic mass is 9.96. The largest absolute Gasteiger partial charge is 0.488 e. The molecule has 0 radical (unpaired) electrons. The molecular formula is C21H20O3. The van der Waals surface area contributed by atoms with Gasteiger partial charge in [-0.1, -0.05) is 60.7 Å². The molecule has 0 N–H and O–H groups in total. The molecule has 2 aromatic carbocycles. The van der Waals surface area contributed by atoms with Gasteiger partial charge in [0.05, 0.1) is 5.57 Å². The molecule has 24 heavy (non-hydrogen) atoms. The van der Waals surface area contributed by atoms with Gasteiger partial charge in [0.25, 0.3) is 0 Å². The molecule has 0 saturated carbocycles. The molecule has 0 fully saturated rings. The predicted octanol–water partition coefficient (Wildman–Crippen LogP) is 4.54. The van der Waals surface area contributed by atoms with Crippen LogP contribution in [0.1, 0.15) is 25.0 Å². The number of allylic oxidation sites excluding steroid dienone is 1. The zero-order valence-electron chi connectivity index (χ0n) is 13.9. The van der Waals surface area contributed by atoms with Crippen LogP contribution in [-0.2, 0) is 16.1 Å². The second kappa shape index (κ2) is 7.18. The zero-order valence-corrected chi connectivity index (χ0v) is 13.9. The smallest absolute Gasteiger partial charge is 0.339 e. The van der Waals surface area contributed by atoms with Gasteiger partial charge in [-0.25, -0.2) is 4.79 Å². The van der Waals surface area contributed by atoms with E-state index in [2.05, 4.69) is 0 Å². The van der Waals surface area contributed by atoms with Crippen LogP contribution in [0.5, 0.6) is 5.75 Å². The van der Waals surface area contributed by atoms with E-state index in [1.807, 2.05) is 74.5 Å². The van der Waals surface area contributed by atoms with Crippen molar-refractivity contribution in [2.75, 3.05) is 0 Å². The number of benzene rings is 2. The summed E-state index contributed by atoms with van der Waals surface area (Å²) in [4.78, 5) is 12.1. The van der Waals surface area contributed by atoms with Crippen molar-refractivity contribution in [2.45, 2.75) is 26.6 Å². The SMILES string of the molecule is C/C=C/C1=C(c2ccccc2OCc2ccccc2)C(C)OC1=O. The van der Waals surface area contributed by atoms with Gasteiger partial charge in [-0.3, -0.25) is 0 Å². The summed E-state index contributed by atoms with van der Waals surface area (Å²) in [6.07, 6.45) is 3.36. The number of esters is 1. The Morgan fingerprint density at radius 1 is 1.08 bits per heavy atom. The molecule has 3 rings (SSSR count). The Morgan fingerprint density at radius 3 is 2.54 bits per heavy atom. The highest BCUT2D eigenvalue weighted by atomic mass is 16.5. The van der Waals surface area contributed by atoms with Gasteiger partial charge >= 0.3 is 5.97 Å². The molecule has 0 aromatic heterocycles. The molecule has 0 spiro atoms. The average Bonchev–Trinajstić information content (AvgIpc) is 2.88. The van der Waals surface area contributed by atoms with Gasteiger partial charge in [0.1, 0.15) is 18.5 Å². The summed E-state index contributed by atoms with van der Waals surface area (Å²) in [6, 6.07) is 17.8. The van der Waals surface area contributed by atoms with Crippen molar-refractivity contribution in [3.8, 4) is 5.75 Å². The van der Waals surface area contributed by atoms with Gasteiger partial charge in [-0.2, -0.15) is 0 Å². The second-order valence-electron chi connectivity index (χ2n) is 5.65. The molecule has 1 unspecified atom stereocenters. The van der Waals surface area contributed by atoms with Crippen LogP contribution in [0.3, 0.4) is 0 Å². The number of carbonyl (C=O) groups excluding carboxylic acids is 1. The van der Waals surface area contributed by atoms with Crippen LogP contribution in [-0.4, -0.2) is 12.1 Å². The second-order valence-corrected chi connectivity index (χ2v) is 5.65. The molecule has 2 aromatic rings. The normalized spacial score (nSPS) is 17.4. The fourth-order valence-corrected chi connectivity index (χ4v) is 2.85. The van der Waals surface area contributed by atoms with Gasteiger partial charge in [0.2, 0.25) is 0 Å². The molecule has 3 nitrogen and oxygen atoms in total. The van der Waals surface area contributed by atoms with Crippen LogP contribution in [0, 0.1) is 0 Å². The first kappa shape index (κ1) is 16.1. The lowest BCUT2D eigenvalue weighted by Gasteiger charge is -2.15. The number of rotatable bonds is 5. The van der Waals surface area contributed by atoms with Crippen molar-refractivity contribution >= 4 is 11.5 Å². The van der Waals surface area contributed by atoms with Crippen LogP contribution in [0.15, 0.2) is 72.3 Å². The highest BCUT2D eigenvalue weighted by Gasteiger charge is 2.31. The van der Waals surface area contributed by atoms with Gasteiger partial charge in [0, 0.05) is 11.1 Å². The van der Waals surface area contributed by atoms with E-state index in [9.17, 15) is 4.79 Å². The minimum absolute atomic E-state index is 0.284. The maximum atomic E-state index is 12.1. The first-order valence-electron chi connectivity index (χ1n) is 8.04. The molecule has 0 aliphatic carbocycles. The van der Waals surface area contributed by atoms with Crippen molar-refractivity contribution < 1.29 is 14.3 Å². The monoisotopic (exact) mass is 320 g/mol. The first-order valence-corrected chi connectivity index (χ1v) is 8.04. The van der Waals surface area contributed by atoms with Crippen LogP contribution in [0.2, 0.25) is 0 Å². The van der Waals surface area contributed by atoms with Crippen LogP contribution in [0.25, 0.3) is 5.57 Å². The Labute approximate surface area is 142 Å². The summed E-state index contributed by atoms with van der Waals surface area (Å²) in [5.41, 5.74) is 3.48. The molecule has 0 saturated heterocycles. The van der Waals surface area contributed by atoms with Gasteiger partial charge < -0.3 is 9.47 Å². The Balaban J connectivity index is 1.95. The predicted molar refractivity (Wildman–Crippen MR) is 94.5 cm³/mol. The maximum Gasteiger partial charge on any atom is 0.339 e. The summed E-state index contributed by atoms with van der Waals surface area (Å²) < 4.78 is 11.4. The summed E-state index contributed by atoms with van der Waals surface area (Å²) in [5, 5.41) is 0. The van der Waals surface area contributed by atoms with Gasteiger partial charge in [0.15, 0.2) is 0 Å². The van der Waals surface area contributed by atoms with Crippen molar-refractivity contribution in [1.82, 2.24) is 0 Å². The van der Waals surface area contributed by atoms with E-state index in [1.54, 1.807) is 6.08 Å². The maximum absolute atomic E-state index is 12.1. The number of carbonyl (C=O) groups is 1. The fourth-order valence-electron chi connectivity index (χ4n) is 2.85. The molecular weight excluding hydrogens is 300 g/mol. The number of ether oxygens (including phenoxy) is 2. The molecule has 1 aliphatic heterocycles. The topological polar surface area (TPSA) is 35.5 Å². The highest BCUT2D eigenvalue weighted by molar-refractivity contribution is 6.05. The summed E-state index contributed by atoms with van der Waals surface area (Å²) in [5.74, 6) is 0.469. The number of cyclic esters (lactones) is 1. The minimum atomic E-state index is -0.287. The number of hydrogen-bond acceptors (Lipinski definition) is 3. The van der Waals surface area contributed by atoms with Gasteiger partial charge in [-0.05, 0) is 25.5 Å². The summed E-state index contributed by atoms with van der Waals surface area (Å²) in [7, 11) is 0. The van der Waals surface area contributed by atoms with Crippen LogP contribution >= 0.6 is 0 Å². The minimum Gasteiger partial charge on any atom is -0.488 e. The van der Waals surface area contributed by atoms with Crippen molar-refractivity contribution in [3.05, 3.63) is 83.4 Å². The Bertz CT molecular complexity index is 788. The Hall–Kier alpha value is -2.81. The molecule has 1 atom stereocenters. The third-order valence-corrected chi connectivity index (χ3v) is 3.95. The molecule has 0 bridgehead atoms. The van der Waals surface area contributed by atoms with Crippen LogP contribution < -0.4 is 4.74 Å². The van der Waals surface area contributed by atoms with E-state index in [4.69, 9.17) is 9.47 Å². The van der Waals surface area contributed by atoms with E-state index in [-0.39, 0.29) is 12.1 Å². The number of para-hydroxylation sites is 1. The van der Waals surface area contributed by atoms with E-state index in [1.165, 1.54) is 0 Å². The molecule has 0 amide bonds. The average molecular weight is 320 g/mol. The molecule has 1 aliphatic rings. The quantitative estimate of drug-likeness (QED) is 0.759. The molecule has 122 valence electrons. The lowest BCUT2D eigenvalue weighted by Crippen LogP contribution is -2.06. The molecule has 1 heterocycles. The van der Waals surface area contributed by atoms with E-state index < -0.39 is 0 Å². The van der Waals surface area contributed by atoms with Crippen molar-refractivity contribution in [2.24, 2.45) is 0 Å². The third-order valence-electron chi connectivity index (χ3n) is 3.95. The highest BCUT2D eigenvalue weighted by Crippen LogP contribution is 2.37. The summed E-state index contributed by atoms with van der Waals surface area (Å²) in [6.45, 7) is 4.25. The summed E-state index contributed by atoms with van der Waals surface area (Å²) >= 11 is 0. The lowest BCUT2D eigenvalue weighted by molar-refractivity contribution is -0.138.